The Morgan fingerprint density at radius 2 is 1.83 bits per heavy atom. The summed E-state index contributed by atoms with van der Waals surface area (Å²) >= 11 is 0. The highest BCUT2D eigenvalue weighted by atomic mass is 16.3. The molecule has 2 unspecified atom stereocenters. The van der Waals surface area contributed by atoms with Gasteiger partial charge in [-0.2, -0.15) is 0 Å². The molecule has 0 saturated heterocycles. The number of carbonyl (C=O) groups excluding carboxylic acids is 2. The third-order valence-corrected chi connectivity index (χ3v) is 5.82. The maximum Gasteiger partial charge on any atom is 0.253 e. The Morgan fingerprint density at radius 3 is 2.53 bits per heavy atom. The summed E-state index contributed by atoms with van der Waals surface area (Å²) in [5.74, 6) is 0.579. The van der Waals surface area contributed by atoms with Crippen molar-refractivity contribution >= 4 is 22.9 Å². The van der Waals surface area contributed by atoms with Crippen molar-refractivity contribution in [3.05, 3.63) is 54.1 Å². The topological polar surface area (TPSA) is 75.4 Å². The lowest BCUT2D eigenvalue weighted by atomic mass is 10.1. The number of amides is 2. The number of para-hydroxylation sites is 2. The van der Waals surface area contributed by atoms with Crippen molar-refractivity contribution in [3.8, 4) is 11.5 Å². The lowest BCUT2D eigenvalue weighted by Crippen LogP contribution is -2.39. The normalized spacial score (nSPS) is 18.7. The number of nitrogens with zero attached hydrogens (tertiary/aromatic N) is 2. The van der Waals surface area contributed by atoms with E-state index in [1.165, 1.54) is 0 Å². The zero-order chi connectivity index (χ0) is 21.3. The third-order valence-electron chi connectivity index (χ3n) is 5.82. The van der Waals surface area contributed by atoms with Crippen molar-refractivity contribution in [2.45, 2.75) is 45.2 Å². The standard InChI is InChI=1S/C24H27N3O3/c1-15(2)22(28)25-18-12-13-19(14-18)27(3)24(29)17-10-8-16(9-11-17)23-26-20-6-4-5-7-21(20)30-23/h4-11,15,18-19H,12-14H2,1-3H3,(H,25,28). The number of carbonyl (C=O) groups is 2. The summed E-state index contributed by atoms with van der Waals surface area (Å²) in [6.45, 7) is 3.78. The van der Waals surface area contributed by atoms with Crippen LogP contribution in [0.25, 0.3) is 22.6 Å². The van der Waals surface area contributed by atoms with E-state index in [2.05, 4.69) is 10.3 Å². The van der Waals surface area contributed by atoms with Crippen molar-refractivity contribution in [2.75, 3.05) is 7.05 Å². The SMILES string of the molecule is CC(C)C(=O)NC1CCC(N(C)C(=O)c2ccc(-c3nc4ccccc4o3)cc2)C1. The molecule has 6 nitrogen and oxygen atoms in total. The van der Waals surface area contributed by atoms with Crippen LogP contribution in [0.2, 0.25) is 0 Å². The van der Waals surface area contributed by atoms with E-state index in [0.717, 1.165) is 35.9 Å². The Labute approximate surface area is 176 Å². The van der Waals surface area contributed by atoms with E-state index in [9.17, 15) is 9.59 Å². The molecule has 2 amide bonds. The van der Waals surface area contributed by atoms with Crippen molar-refractivity contribution in [3.63, 3.8) is 0 Å². The van der Waals surface area contributed by atoms with Gasteiger partial charge in [0.05, 0.1) is 0 Å². The predicted octanol–water partition coefficient (Wildman–Crippen LogP) is 4.26. The molecule has 4 rings (SSSR count). The maximum absolute atomic E-state index is 13.0. The summed E-state index contributed by atoms with van der Waals surface area (Å²) in [7, 11) is 1.84. The molecule has 0 spiro atoms. The Hall–Kier alpha value is -3.15. The lowest BCUT2D eigenvalue weighted by Gasteiger charge is -2.25. The molecule has 2 aromatic carbocycles. The van der Waals surface area contributed by atoms with Crippen LogP contribution in [0.5, 0.6) is 0 Å². The summed E-state index contributed by atoms with van der Waals surface area (Å²) in [6, 6.07) is 15.3. The summed E-state index contributed by atoms with van der Waals surface area (Å²) in [5.41, 5.74) is 3.02. The van der Waals surface area contributed by atoms with Crippen LogP contribution in [-0.2, 0) is 4.79 Å². The van der Waals surface area contributed by atoms with Crippen LogP contribution in [0.3, 0.4) is 0 Å². The van der Waals surface area contributed by atoms with Gasteiger partial charge in [-0.25, -0.2) is 4.98 Å². The molecular formula is C24H27N3O3. The first-order valence-corrected chi connectivity index (χ1v) is 10.5. The Bertz CT molecular complexity index is 1020. The zero-order valence-corrected chi connectivity index (χ0v) is 17.6. The summed E-state index contributed by atoms with van der Waals surface area (Å²) in [4.78, 5) is 31.2. The van der Waals surface area contributed by atoms with Gasteiger partial charge in [-0.1, -0.05) is 26.0 Å². The monoisotopic (exact) mass is 405 g/mol. The zero-order valence-electron chi connectivity index (χ0n) is 17.6. The van der Waals surface area contributed by atoms with Crippen LogP contribution in [-0.4, -0.2) is 40.8 Å². The lowest BCUT2D eigenvalue weighted by molar-refractivity contribution is -0.124. The number of rotatable bonds is 5. The van der Waals surface area contributed by atoms with Crippen LogP contribution < -0.4 is 5.32 Å². The van der Waals surface area contributed by atoms with Crippen LogP contribution in [0.4, 0.5) is 0 Å². The molecule has 1 saturated carbocycles. The van der Waals surface area contributed by atoms with E-state index in [1.54, 1.807) is 4.90 Å². The smallest absolute Gasteiger partial charge is 0.253 e. The van der Waals surface area contributed by atoms with Crippen molar-refractivity contribution in [1.82, 2.24) is 15.2 Å². The Morgan fingerprint density at radius 1 is 1.10 bits per heavy atom. The highest BCUT2D eigenvalue weighted by Crippen LogP contribution is 2.27. The van der Waals surface area contributed by atoms with Crippen LogP contribution >= 0.6 is 0 Å². The number of hydrogen-bond acceptors (Lipinski definition) is 4. The van der Waals surface area contributed by atoms with Gasteiger partial charge in [-0.15, -0.1) is 0 Å². The predicted molar refractivity (Wildman–Crippen MR) is 116 cm³/mol. The second-order valence-corrected chi connectivity index (χ2v) is 8.31. The third kappa shape index (κ3) is 4.08. The molecule has 1 aliphatic rings. The quantitative estimate of drug-likeness (QED) is 0.688. The van der Waals surface area contributed by atoms with Gasteiger partial charge < -0.3 is 14.6 Å². The fraction of sp³-hybridized carbons (Fsp3) is 0.375. The summed E-state index contributed by atoms with van der Waals surface area (Å²) in [6.07, 6.45) is 2.59. The number of benzene rings is 2. The molecule has 156 valence electrons. The molecule has 6 heteroatoms. The van der Waals surface area contributed by atoms with Crippen LogP contribution in [0.1, 0.15) is 43.5 Å². The van der Waals surface area contributed by atoms with Crippen molar-refractivity contribution in [2.24, 2.45) is 5.92 Å². The van der Waals surface area contributed by atoms with Crippen LogP contribution in [0, 0.1) is 5.92 Å². The fourth-order valence-corrected chi connectivity index (χ4v) is 3.93. The molecule has 1 heterocycles. The molecule has 2 atom stereocenters. The maximum atomic E-state index is 13.0. The highest BCUT2D eigenvalue weighted by molar-refractivity contribution is 5.94. The first kappa shape index (κ1) is 20.1. The van der Waals surface area contributed by atoms with Gasteiger partial charge in [0, 0.05) is 36.2 Å². The van der Waals surface area contributed by atoms with E-state index < -0.39 is 0 Å². The number of oxazole rings is 1. The number of nitrogens with one attached hydrogen (secondary N) is 1. The van der Waals surface area contributed by atoms with Gasteiger partial charge in [0.25, 0.3) is 5.91 Å². The largest absolute Gasteiger partial charge is 0.436 e. The van der Waals surface area contributed by atoms with Gasteiger partial charge in [0.1, 0.15) is 5.52 Å². The molecule has 0 bridgehead atoms. The van der Waals surface area contributed by atoms with Gasteiger partial charge in [-0.05, 0) is 55.7 Å². The minimum atomic E-state index is -0.0248. The molecule has 1 N–H and O–H groups in total. The van der Waals surface area contributed by atoms with E-state index >= 15 is 0 Å². The molecule has 0 aliphatic heterocycles. The highest BCUT2D eigenvalue weighted by Gasteiger charge is 2.31. The summed E-state index contributed by atoms with van der Waals surface area (Å²) in [5, 5.41) is 3.08. The minimum absolute atomic E-state index is 0.0139. The van der Waals surface area contributed by atoms with Gasteiger partial charge in [-0.3, -0.25) is 9.59 Å². The number of hydrogen-bond donors (Lipinski definition) is 1. The van der Waals surface area contributed by atoms with E-state index in [4.69, 9.17) is 4.42 Å². The van der Waals surface area contributed by atoms with Gasteiger partial charge >= 0.3 is 0 Å². The van der Waals surface area contributed by atoms with E-state index in [1.807, 2.05) is 69.4 Å². The second kappa shape index (κ2) is 8.30. The van der Waals surface area contributed by atoms with Crippen molar-refractivity contribution < 1.29 is 14.0 Å². The first-order valence-electron chi connectivity index (χ1n) is 10.5. The van der Waals surface area contributed by atoms with Gasteiger partial charge in [0.15, 0.2) is 5.58 Å². The number of aromatic nitrogens is 1. The second-order valence-electron chi connectivity index (χ2n) is 8.31. The molecule has 30 heavy (non-hydrogen) atoms. The summed E-state index contributed by atoms with van der Waals surface area (Å²) < 4.78 is 5.80. The number of fused-ring (bicyclic) bond motifs is 1. The average molecular weight is 405 g/mol. The molecule has 1 aromatic heterocycles. The molecule has 3 aromatic rings. The Balaban J connectivity index is 1.41. The molecular weight excluding hydrogens is 378 g/mol. The minimum Gasteiger partial charge on any atom is -0.436 e. The van der Waals surface area contributed by atoms with E-state index in [0.29, 0.717) is 11.5 Å². The molecule has 1 fully saturated rings. The first-order chi connectivity index (χ1) is 14.4. The van der Waals surface area contributed by atoms with Crippen molar-refractivity contribution in [1.29, 1.82) is 0 Å². The van der Waals surface area contributed by atoms with E-state index in [-0.39, 0.29) is 29.8 Å². The van der Waals surface area contributed by atoms with Crippen LogP contribution in [0.15, 0.2) is 52.9 Å². The van der Waals surface area contributed by atoms with Gasteiger partial charge in [0.2, 0.25) is 11.8 Å². The Kier molecular flexibility index (Phi) is 5.57. The molecule has 0 radical (unpaired) electrons. The molecule has 1 aliphatic carbocycles. The average Bonchev–Trinajstić information content (AvgIpc) is 3.39. The fourth-order valence-electron chi connectivity index (χ4n) is 3.93.